The van der Waals surface area contributed by atoms with Gasteiger partial charge in [0.15, 0.2) is 0 Å². The maximum atomic E-state index is 5.70. The van der Waals surface area contributed by atoms with Crippen molar-refractivity contribution in [2.45, 2.75) is 13.8 Å². The molecule has 82 valence electrons. The van der Waals surface area contributed by atoms with Crippen LogP contribution < -0.4 is 4.74 Å². The standard InChI is InChI=1S/C13H12BrNO/c1-9-6-7-11(10(2)8-9)16-13-5-3-4-12(14)15-13/h3-8H,1-2H3. The maximum absolute atomic E-state index is 5.70. The molecule has 2 aromatic rings. The van der Waals surface area contributed by atoms with E-state index in [9.17, 15) is 0 Å². The molecule has 0 bridgehead atoms. The third-order valence-electron chi connectivity index (χ3n) is 2.23. The van der Waals surface area contributed by atoms with Gasteiger partial charge >= 0.3 is 0 Å². The highest BCUT2D eigenvalue weighted by Gasteiger charge is 2.02. The molecule has 2 rings (SSSR count). The molecule has 16 heavy (non-hydrogen) atoms. The van der Waals surface area contributed by atoms with Crippen molar-refractivity contribution in [2.75, 3.05) is 0 Å². The van der Waals surface area contributed by atoms with Gasteiger partial charge in [-0.2, -0.15) is 0 Å². The van der Waals surface area contributed by atoms with E-state index >= 15 is 0 Å². The van der Waals surface area contributed by atoms with Crippen LogP contribution in [0.5, 0.6) is 11.6 Å². The number of rotatable bonds is 2. The van der Waals surface area contributed by atoms with Crippen LogP contribution in [0.25, 0.3) is 0 Å². The van der Waals surface area contributed by atoms with E-state index in [1.54, 1.807) is 0 Å². The first-order chi connectivity index (χ1) is 7.65. The van der Waals surface area contributed by atoms with Crippen molar-refractivity contribution in [3.8, 4) is 11.6 Å². The summed E-state index contributed by atoms with van der Waals surface area (Å²) in [6, 6.07) is 11.7. The number of benzene rings is 1. The minimum Gasteiger partial charge on any atom is -0.439 e. The Labute approximate surface area is 103 Å². The lowest BCUT2D eigenvalue weighted by atomic mass is 10.1. The molecular weight excluding hydrogens is 266 g/mol. The van der Waals surface area contributed by atoms with Crippen LogP contribution in [0.3, 0.4) is 0 Å². The van der Waals surface area contributed by atoms with Crippen LogP contribution in [-0.4, -0.2) is 4.98 Å². The third-order valence-corrected chi connectivity index (χ3v) is 2.68. The van der Waals surface area contributed by atoms with Crippen LogP contribution >= 0.6 is 15.9 Å². The Balaban J connectivity index is 2.27. The van der Waals surface area contributed by atoms with Crippen molar-refractivity contribution in [3.05, 3.63) is 52.1 Å². The van der Waals surface area contributed by atoms with Crippen LogP contribution in [-0.2, 0) is 0 Å². The molecule has 0 aliphatic heterocycles. The van der Waals surface area contributed by atoms with E-state index in [1.807, 2.05) is 37.3 Å². The first kappa shape index (κ1) is 11.1. The number of aryl methyl sites for hydroxylation is 2. The molecule has 3 heteroatoms. The number of pyridine rings is 1. The lowest BCUT2D eigenvalue weighted by Crippen LogP contribution is -1.90. The van der Waals surface area contributed by atoms with E-state index in [1.165, 1.54) is 5.56 Å². The summed E-state index contributed by atoms with van der Waals surface area (Å²) in [5, 5.41) is 0. The molecule has 0 unspecified atom stereocenters. The van der Waals surface area contributed by atoms with Gasteiger partial charge in [0.2, 0.25) is 5.88 Å². The van der Waals surface area contributed by atoms with Gasteiger partial charge in [-0.1, -0.05) is 23.8 Å². The average molecular weight is 278 g/mol. The molecule has 0 amide bonds. The summed E-state index contributed by atoms with van der Waals surface area (Å²) in [7, 11) is 0. The van der Waals surface area contributed by atoms with Gasteiger partial charge in [-0.15, -0.1) is 0 Å². The van der Waals surface area contributed by atoms with Crippen LogP contribution in [0, 0.1) is 13.8 Å². The quantitative estimate of drug-likeness (QED) is 0.766. The molecule has 0 aliphatic carbocycles. The third kappa shape index (κ3) is 2.61. The first-order valence-electron chi connectivity index (χ1n) is 5.03. The van der Waals surface area contributed by atoms with Gasteiger partial charge in [0, 0.05) is 6.07 Å². The monoisotopic (exact) mass is 277 g/mol. The summed E-state index contributed by atoms with van der Waals surface area (Å²) in [5.74, 6) is 1.44. The fourth-order valence-electron chi connectivity index (χ4n) is 1.47. The predicted octanol–water partition coefficient (Wildman–Crippen LogP) is 4.25. The van der Waals surface area contributed by atoms with Gasteiger partial charge in [-0.25, -0.2) is 4.98 Å². The van der Waals surface area contributed by atoms with Crippen LogP contribution in [0.15, 0.2) is 41.0 Å². The van der Waals surface area contributed by atoms with Crippen molar-refractivity contribution >= 4 is 15.9 Å². The Morgan fingerprint density at radius 3 is 2.62 bits per heavy atom. The van der Waals surface area contributed by atoms with E-state index in [2.05, 4.69) is 33.9 Å². The number of ether oxygens (including phenoxy) is 1. The Kier molecular flexibility index (Phi) is 3.25. The van der Waals surface area contributed by atoms with Crippen molar-refractivity contribution in [1.29, 1.82) is 0 Å². The molecule has 0 N–H and O–H groups in total. The van der Waals surface area contributed by atoms with Gasteiger partial charge in [0.1, 0.15) is 10.4 Å². The highest BCUT2D eigenvalue weighted by Crippen LogP contribution is 2.25. The molecule has 0 saturated carbocycles. The summed E-state index contributed by atoms with van der Waals surface area (Å²) < 4.78 is 6.48. The van der Waals surface area contributed by atoms with E-state index in [0.29, 0.717) is 5.88 Å². The fourth-order valence-corrected chi connectivity index (χ4v) is 1.80. The predicted molar refractivity (Wildman–Crippen MR) is 67.9 cm³/mol. The normalized spacial score (nSPS) is 10.2. The Morgan fingerprint density at radius 2 is 1.94 bits per heavy atom. The maximum Gasteiger partial charge on any atom is 0.220 e. The van der Waals surface area contributed by atoms with Gasteiger partial charge in [0.05, 0.1) is 0 Å². The van der Waals surface area contributed by atoms with E-state index < -0.39 is 0 Å². The summed E-state index contributed by atoms with van der Waals surface area (Å²) in [5.41, 5.74) is 2.34. The number of hydrogen-bond donors (Lipinski definition) is 0. The zero-order valence-electron chi connectivity index (χ0n) is 9.20. The van der Waals surface area contributed by atoms with E-state index in [0.717, 1.165) is 15.9 Å². The molecule has 1 heterocycles. The number of hydrogen-bond acceptors (Lipinski definition) is 2. The summed E-state index contributed by atoms with van der Waals surface area (Å²) in [6.45, 7) is 4.09. The topological polar surface area (TPSA) is 22.1 Å². The van der Waals surface area contributed by atoms with Crippen molar-refractivity contribution in [3.63, 3.8) is 0 Å². The van der Waals surface area contributed by atoms with E-state index in [4.69, 9.17) is 4.74 Å². The highest BCUT2D eigenvalue weighted by molar-refractivity contribution is 9.10. The summed E-state index contributed by atoms with van der Waals surface area (Å²) >= 11 is 3.31. The second-order valence-electron chi connectivity index (χ2n) is 3.67. The van der Waals surface area contributed by atoms with Gasteiger partial charge in [-0.3, -0.25) is 0 Å². The smallest absolute Gasteiger partial charge is 0.220 e. The van der Waals surface area contributed by atoms with E-state index in [-0.39, 0.29) is 0 Å². The van der Waals surface area contributed by atoms with Crippen LogP contribution in [0.2, 0.25) is 0 Å². The molecule has 0 aliphatic rings. The number of nitrogens with zero attached hydrogens (tertiary/aromatic N) is 1. The minimum absolute atomic E-state index is 0.598. The zero-order chi connectivity index (χ0) is 11.5. The molecule has 1 aromatic carbocycles. The van der Waals surface area contributed by atoms with Crippen molar-refractivity contribution in [1.82, 2.24) is 4.98 Å². The van der Waals surface area contributed by atoms with Crippen molar-refractivity contribution in [2.24, 2.45) is 0 Å². The molecule has 0 spiro atoms. The molecule has 0 radical (unpaired) electrons. The first-order valence-corrected chi connectivity index (χ1v) is 5.82. The highest BCUT2D eigenvalue weighted by atomic mass is 79.9. The largest absolute Gasteiger partial charge is 0.439 e. The second-order valence-corrected chi connectivity index (χ2v) is 4.48. The summed E-state index contributed by atoms with van der Waals surface area (Å²) in [6.07, 6.45) is 0. The molecular formula is C13H12BrNO. The molecule has 0 saturated heterocycles. The SMILES string of the molecule is Cc1ccc(Oc2cccc(Br)n2)c(C)c1. The zero-order valence-corrected chi connectivity index (χ0v) is 10.8. The number of aromatic nitrogens is 1. The number of halogens is 1. The van der Waals surface area contributed by atoms with Gasteiger partial charge < -0.3 is 4.74 Å². The Bertz CT molecular complexity index is 511. The second kappa shape index (κ2) is 4.66. The Morgan fingerprint density at radius 1 is 1.12 bits per heavy atom. The minimum atomic E-state index is 0.598. The van der Waals surface area contributed by atoms with Gasteiger partial charge in [0.25, 0.3) is 0 Å². The summed E-state index contributed by atoms with van der Waals surface area (Å²) in [4.78, 5) is 4.23. The van der Waals surface area contributed by atoms with Crippen LogP contribution in [0.1, 0.15) is 11.1 Å². The van der Waals surface area contributed by atoms with Gasteiger partial charge in [-0.05, 0) is 47.5 Å². The molecule has 0 fully saturated rings. The van der Waals surface area contributed by atoms with Crippen molar-refractivity contribution < 1.29 is 4.74 Å². The van der Waals surface area contributed by atoms with Crippen LogP contribution in [0.4, 0.5) is 0 Å². The lowest BCUT2D eigenvalue weighted by Gasteiger charge is -2.08. The average Bonchev–Trinajstić information content (AvgIpc) is 2.22. The fraction of sp³-hybridized carbons (Fsp3) is 0.154. The molecule has 1 aromatic heterocycles. The lowest BCUT2D eigenvalue weighted by molar-refractivity contribution is 0.458. The molecule has 2 nitrogen and oxygen atoms in total. The Hall–Kier alpha value is -1.35. The molecule has 0 atom stereocenters.